The average Bonchev–Trinajstić information content (AvgIpc) is 2.51. The van der Waals surface area contributed by atoms with Crippen molar-refractivity contribution in [2.24, 2.45) is 0 Å². The maximum absolute atomic E-state index is 12.4. The number of fused-ring (bicyclic) bond motifs is 1. The highest BCUT2D eigenvalue weighted by molar-refractivity contribution is 6.31. The Hall–Kier alpha value is -2.33. The topological polar surface area (TPSA) is 60.9 Å². The predicted octanol–water partition coefficient (Wildman–Crippen LogP) is 3.55. The molecule has 1 heterocycles. The first-order valence-corrected chi connectivity index (χ1v) is 7.43. The number of nitrogens with zero attached hydrogens (tertiary/aromatic N) is 2. The smallest absolute Gasteiger partial charge is 0.280 e. The van der Waals surface area contributed by atoms with Crippen molar-refractivity contribution in [3.05, 3.63) is 63.4 Å². The van der Waals surface area contributed by atoms with Crippen molar-refractivity contribution in [1.82, 2.24) is 9.66 Å². The van der Waals surface area contributed by atoms with Gasteiger partial charge in [0.05, 0.1) is 10.9 Å². The fraction of sp³-hybridized carbons (Fsp3) is 0.176. The zero-order valence-electron chi connectivity index (χ0n) is 12.4. The summed E-state index contributed by atoms with van der Waals surface area (Å²) in [5.74, 6) is 6.81. The van der Waals surface area contributed by atoms with E-state index in [4.69, 9.17) is 17.4 Å². The fourth-order valence-electron chi connectivity index (χ4n) is 2.39. The van der Waals surface area contributed by atoms with Crippen LogP contribution >= 0.6 is 11.6 Å². The normalized spacial score (nSPS) is 11.3. The lowest BCUT2D eigenvalue weighted by molar-refractivity contribution is 0.866. The Balaban J connectivity index is 2.21. The van der Waals surface area contributed by atoms with Crippen LogP contribution in [0.3, 0.4) is 0 Å². The maximum atomic E-state index is 12.4. The van der Waals surface area contributed by atoms with Crippen LogP contribution in [-0.4, -0.2) is 9.66 Å². The van der Waals surface area contributed by atoms with Crippen molar-refractivity contribution in [2.75, 3.05) is 5.84 Å². The van der Waals surface area contributed by atoms with Gasteiger partial charge in [-0.25, -0.2) is 9.66 Å². The molecule has 3 aromatic rings. The highest BCUT2D eigenvalue weighted by atomic mass is 35.5. The van der Waals surface area contributed by atoms with E-state index >= 15 is 0 Å². The first-order chi connectivity index (χ1) is 10.5. The van der Waals surface area contributed by atoms with Gasteiger partial charge in [0.15, 0.2) is 5.82 Å². The number of nitrogen functional groups attached to an aromatic ring is 1. The third kappa shape index (κ3) is 2.46. The molecule has 0 fully saturated rings. The lowest BCUT2D eigenvalue weighted by Crippen LogP contribution is -2.29. The minimum absolute atomic E-state index is 0.310. The molecule has 0 unspecified atom stereocenters. The van der Waals surface area contributed by atoms with Crippen LogP contribution < -0.4 is 11.4 Å². The molecular formula is C17H16ClN3O. The molecule has 3 rings (SSSR count). The number of halogens is 1. The summed E-state index contributed by atoms with van der Waals surface area (Å²) in [6, 6.07) is 12.9. The van der Waals surface area contributed by atoms with Gasteiger partial charge in [0.2, 0.25) is 0 Å². The lowest BCUT2D eigenvalue weighted by atomic mass is 10.0. The standard InChI is InChI=1S/C17H16ClN3O/c1-10(2)11-3-5-12(6-4-11)16-20-15-8-7-13(18)9-14(15)17(22)21(16)19/h3-10H,19H2,1-2H3. The molecule has 0 spiro atoms. The maximum Gasteiger partial charge on any atom is 0.280 e. The van der Waals surface area contributed by atoms with Crippen molar-refractivity contribution < 1.29 is 0 Å². The summed E-state index contributed by atoms with van der Waals surface area (Å²) in [5, 5.41) is 0.901. The molecule has 0 aliphatic heterocycles. The van der Waals surface area contributed by atoms with E-state index in [0.717, 1.165) is 10.2 Å². The van der Waals surface area contributed by atoms with E-state index in [1.54, 1.807) is 18.2 Å². The van der Waals surface area contributed by atoms with E-state index in [2.05, 4.69) is 18.8 Å². The quantitative estimate of drug-likeness (QED) is 0.736. The highest BCUT2D eigenvalue weighted by Crippen LogP contribution is 2.22. The lowest BCUT2D eigenvalue weighted by Gasteiger charge is -2.11. The van der Waals surface area contributed by atoms with E-state index in [9.17, 15) is 4.79 Å². The Labute approximate surface area is 133 Å². The Morgan fingerprint density at radius 1 is 1.14 bits per heavy atom. The molecule has 112 valence electrons. The number of hydrogen-bond acceptors (Lipinski definition) is 3. The Morgan fingerprint density at radius 2 is 1.82 bits per heavy atom. The van der Waals surface area contributed by atoms with Gasteiger partial charge >= 0.3 is 0 Å². The molecule has 2 aromatic carbocycles. The van der Waals surface area contributed by atoms with Gasteiger partial charge in [-0.3, -0.25) is 4.79 Å². The van der Waals surface area contributed by atoms with E-state index in [0.29, 0.717) is 27.7 Å². The molecule has 0 amide bonds. The van der Waals surface area contributed by atoms with Crippen molar-refractivity contribution in [2.45, 2.75) is 19.8 Å². The monoisotopic (exact) mass is 313 g/mol. The van der Waals surface area contributed by atoms with Crippen molar-refractivity contribution in [3.63, 3.8) is 0 Å². The highest BCUT2D eigenvalue weighted by Gasteiger charge is 2.11. The average molecular weight is 314 g/mol. The van der Waals surface area contributed by atoms with E-state index in [-0.39, 0.29) is 5.56 Å². The molecule has 2 N–H and O–H groups in total. The van der Waals surface area contributed by atoms with Gasteiger partial charge in [-0.05, 0) is 29.7 Å². The molecule has 22 heavy (non-hydrogen) atoms. The molecular weight excluding hydrogens is 298 g/mol. The molecule has 1 aromatic heterocycles. The fourth-order valence-corrected chi connectivity index (χ4v) is 2.56. The molecule has 4 nitrogen and oxygen atoms in total. The van der Waals surface area contributed by atoms with Crippen molar-refractivity contribution in [3.8, 4) is 11.4 Å². The molecule has 0 saturated heterocycles. The van der Waals surface area contributed by atoms with Gasteiger partial charge in [-0.2, -0.15) is 0 Å². The first-order valence-electron chi connectivity index (χ1n) is 7.05. The Morgan fingerprint density at radius 3 is 2.45 bits per heavy atom. The predicted molar refractivity (Wildman–Crippen MR) is 90.7 cm³/mol. The van der Waals surface area contributed by atoms with Gasteiger partial charge in [-0.1, -0.05) is 49.7 Å². The summed E-state index contributed by atoms with van der Waals surface area (Å²) in [7, 11) is 0. The summed E-state index contributed by atoms with van der Waals surface area (Å²) in [6.45, 7) is 4.26. The van der Waals surface area contributed by atoms with E-state index < -0.39 is 0 Å². The van der Waals surface area contributed by atoms with Gasteiger partial charge in [0.25, 0.3) is 5.56 Å². The van der Waals surface area contributed by atoms with E-state index in [1.165, 1.54) is 5.56 Å². The molecule has 0 aliphatic carbocycles. The molecule has 0 radical (unpaired) electrons. The summed E-state index contributed by atoms with van der Waals surface area (Å²) >= 11 is 5.93. The number of benzene rings is 2. The second-order valence-corrected chi connectivity index (χ2v) is 5.99. The number of nitrogens with two attached hydrogens (primary N) is 1. The third-order valence-corrected chi connectivity index (χ3v) is 3.93. The third-order valence-electron chi connectivity index (χ3n) is 3.70. The summed E-state index contributed by atoms with van der Waals surface area (Å²) in [4.78, 5) is 16.9. The summed E-state index contributed by atoms with van der Waals surface area (Å²) < 4.78 is 1.07. The SMILES string of the molecule is CC(C)c1ccc(-c2nc3ccc(Cl)cc3c(=O)n2N)cc1. The zero-order chi connectivity index (χ0) is 15.9. The second kappa shape index (κ2) is 5.46. The van der Waals surface area contributed by atoms with Crippen LogP contribution in [0.25, 0.3) is 22.3 Å². The Bertz CT molecular complexity index is 898. The van der Waals surface area contributed by atoms with Crippen LogP contribution in [0.2, 0.25) is 5.02 Å². The largest absolute Gasteiger partial charge is 0.334 e. The van der Waals surface area contributed by atoms with Crippen LogP contribution in [0.1, 0.15) is 25.3 Å². The molecule has 0 atom stereocenters. The van der Waals surface area contributed by atoms with Crippen LogP contribution in [0.15, 0.2) is 47.3 Å². The second-order valence-electron chi connectivity index (χ2n) is 5.55. The van der Waals surface area contributed by atoms with Crippen LogP contribution in [-0.2, 0) is 0 Å². The summed E-state index contributed by atoms with van der Waals surface area (Å²) in [6.07, 6.45) is 0. The van der Waals surface area contributed by atoms with Crippen LogP contribution in [0.5, 0.6) is 0 Å². The van der Waals surface area contributed by atoms with Crippen LogP contribution in [0, 0.1) is 0 Å². The minimum atomic E-state index is -0.310. The first kappa shape index (κ1) is 14.6. The number of hydrogen-bond donors (Lipinski definition) is 1. The van der Waals surface area contributed by atoms with Gasteiger partial charge in [0.1, 0.15) is 0 Å². The zero-order valence-corrected chi connectivity index (χ0v) is 13.1. The van der Waals surface area contributed by atoms with Gasteiger partial charge < -0.3 is 5.84 Å². The van der Waals surface area contributed by atoms with Crippen LogP contribution in [0.4, 0.5) is 0 Å². The number of rotatable bonds is 2. The van der Waals surface area contributed by atoms with Crippen molar-refractivity contribution in [1.29, 1.82) is 0 Å². The number of aromatic nitrogens is 2. The van der Waals surface area contributed by atoms with Crippen molar-refractivity contribution >= 4 is 22.5 Å². The molecule has 5 heteroatoms. The molecule has 0 aliphatic rings. The molecule has 0 saturated carbocycles. The Kier molecular flexibility index (Phi) is 3.62. The van der Waals surface area contributed by atoms with Gasteiger partial charge in [0, 0.05) is 10.6 Å². The molecule has 0 bridgehead atoms. The summed E-state index contributed by atoms with van der Waals surface area (Å²) in [5.41, 5.74) is 2.30. The minimum Gasteiger partial charge on any atom is -0.334 e. The van der Waals surface area contributed by atoms with Gasteiger partial charge in [-0.15, -0.1) is 0 Å². The van der Waals surface area contributed by atoms with E-state index in [1.807, 2.05) is 24.3 Å².